The number of anilines is 1. The highest BCUT2D eigenvalue weighted by Crippen LogP contribution is 2.22. The lowest BCUT2D eigenvalue weighted by Crippen LogP contribution is -2.13. The number of rotatable bonds is 5. The molecule has 23 heavy (non-hydrogen) atoms. The van der Waals surface area contributed by atoms with Gasteiger partial charge < -0.3 is 10.1 Å². The zero-order chi connectivity index (χ0) is 16.1. The number of methoxy groups -OCH3 is 1. The monoisotopic (exact) mass is 323 g/mol. The van der Waals surface area contributed by atoms with Crippen LogP contribution in [0.15, 0.2) is 71.6 Å². The quantitative estimate of drug-likeness (QED) is 0.699. The van der Waals surface area contributed by atoms with E-state index >= 15 is 0 Å². The van der Waals surface area contributed by atoms with Crippen LogP contribution in [0.25, 0.3) is 10.8 Å². The molecule has 3 aromatic rings. The van der Waals surface area contributed by atoms with E-state index in [1.807, 2.05) is 60.7 Å². The van der Waals surface area contributed by atoms with Gasteiger partial charge in [0.15, 0.2) is 0 Å². The molecule has 0 fully saturated rings. The Kier molecular flexibility index (Phi) is 4.83. The van der Waals surface area contributed by atoms with Gasteiger partial charge >= 0.3 is 0 Å². The Morgan fingerprint density at radius 3 is 2.48 bits per heavy atom. The fraction of sp³-hybridized carbons (Fsp3) is 0.105. The lowest BCUT2D eigenvalue weighted by Gasteiger charge is -2.07. The molecule has 3 rings (SSSR count). The third-order valence-electron chi connectivity index (χ3n) is 3.46. The molecular weight excluding hydrogens is 306 g/mol. The average Bonchev–Trinajstić information content (AvgIpc) is 2.60. The third-order valence-corrected chi connectivity index (χ3v) is 4.47. The predicted molar refractivity (Wildman–Crippen MR) is 96.3 cm³/mol. The van der Waals surface area contributed by atoms with E-state index in [0.717, 1.165) is 27.1 Å². The molecule has 0 bridgehead atoms. The number of fused-ring (bicyclic) bond motifs is 1. The molecule has 0 heterocycles. The molecule has 0 saturated heterocycles. The van der Waals surface area contributed by atoms with Crippen LogP contribution in [0, 0.1) is 0 Å². The summed E-state index contributed by atoms with van der Waals surface area (Å²) in [5.74, 6) is 1.18. The summed E-state index contributed by atoms with van der Waals surface area (Å²) in [7, 11) is 1.64. The second kappa shape index (κ2) is 7.20. The maximum Gasteiger partial charge on any atom is 0.234 e. The minimum atomic E-state index is -0.0129. The van der Waals surface area contributed by atoms with E-state index in [2.05, 4.69) is 11.4 Å². The highest BCUT2D eigenvalue weighted by molar-refractivity contribution is 8.00. The van der Waals surface area contributed by atoms with Crippen molar-refractivity contribution in [3.63, 3.8) is 0 Å². The number of carbonyl (C=O) groups excluding carboxylic acids is 1. The van der Waals surface area contributed by atoms with Crippen LogP contribution in [-0.2, 0) is 4.79 Å². The Balaban J connectivity index is 1.59. The Bertz CT molecular complexity index is 815. The van der Waals surface area contributed by atoms with Crippen LogP contribution < -0.4 is 10.1 Å². The minimum Gasteiger partial charge on any atom is -0.497 e. The van der Waals surface area contributed by atoms with E-state index in [1.54, 1.807) is 7.11 Å². The van der Waals surface area contributed by atoms with E-state index < -0.39 is 0 Å². The predicted octanol–water partition coefficient (Wildman–Crippen LogP) is 4.58. The van der Waals surface area contributed by atoms with Crippen LogP contribution in [-0.4, -0.2) is 18.8 Å². The molecule has 0 aromatic heterocycles. The lowest BCUT2D eigenvalue weighted by atomic mass is 10.1. The van der Waals surface area contributed by atoms with Crippen molar-refractivity contribution in [2.24, 2.45) is 0 Å². The van der Waals surface area contributed by atoms with Crippen LogP contribution in [0.2, 0.25) is 0 Å². The number of thioether (sulfide) groups is 1. The molecule has 3 nitrogen and oxygen atoms in total. The summed E-state index contributed by atoms with van der Waals surface area (Å²) in [5.41, 5.74) is 0.823. The zero-order valence-electron chi connectivity index (χ0n) is 12.8. The minimum absolute atomic E-state index is 0.0129. The molecule has 0 atom stereocenters. The van der Waals surface area contributed by atoms with E-state index in [1.165, 1.54) is 11.8 Å². The Morgan fingerprint density at radius 1 is 1.00 bits per heavy atom. The molecule has 1 N–H and O–H groups in total. The lowest BCUT2D eigenvalue weighted by molar-refractivity contribution is -0.113. The summed E-state index contributed by atoms with van der Waals surface area (Å²) in [6, 6.07) is 21.7. The van der Waals surface area contributed by atoms with Crippen molar-refractivity contribution < 1.29 is 9.53 Å². The highest BCUT2D eigenvalue weighted by Gasteiger charge is 2.05. The fourth-order valence-corrected chi connectivity index (χ4v) is 2.98. The van der Waals surface area contributed by atoms with Crippen LogP contribution in [0.1, 0.15) is 0 Å². The second-order valence-electron chi connectivity index (χ2n) is 5.07. The maximum atomic E-state index is 12.1. The standard InChI is InChI=1S/C19H17NO2S/c1-22-17-8-10-18(11-9-17)23-13-19(21)20-16-7-6-14-4-2-3-5-15(14)12-16/h2-12H,13H2,1H3,(H,20,21). The van der Waals surface area contributed by atoms with Gasteiger partial charge in [0.25, 0.3) is 0 Å². The van der Waals surface area contributed by atoms with Crippen LogP contribution in [0.3, 0.4) is 0 Å². The first-order valence-corrected chi connectivity index (χ1v) is 8.29. The van der Waals surface area contributed by atoms with E-state index in [9.17, 15) is 4.79 Å². The molecule has 0 spiro atoms. The van der Waals surface area contributed by atoms with E-state index in [4.69, 9.17) is 4.74 Å². The summed E-state index contributed by atoms with van der Waals surface area (Å²) in [6.45, 7) is 0. The van der Waals surface area contributed by atoms with Crippen molar-refractivity contribution in [1.29, 1.82) is 0 Å². The van der Waals surface area contributed by atoms with Crippen molar-refractivity contribution in [2.75, 3.05) is 18.2 Å². The molecule has 0 unspecified atom stereocenters. The third kappa shape index (κ3) is 4.05. The normalized spacial score (nSPS) is 10.5. The topological polar surface area (TPSA) is 38.3 Å². The number of nitrogens with one attached hydrogen (secondary N) is 1. The van der Waals surface area contributed by atoms with Gasteiger partial charge in [-0.15, -0.1) is 11.8 Å². The molecule has 3 aromatic carbocycles. The van der Waals surface area contributed by atoms with Crippen molar-refractivity contribution in [2.45, 2.75) is 4.90 Å². The Morgan fingerprint density at radius 2 is 1.74 bits per heavy atom. The largest absolute Gasteiger partial charge is 0.497 e. The summed E-state index contributed by atoms with van der Waals surface area (Å²) in [4.78, 5) is 13.1. The van der Waals surface area contributed by atoms with Gasteiger partial charge in [-0.2, -0.15) is 0 Å². The molecule has 1 amide bonds. The smallest absolute Gasteiger partial charge is 0.234 e. The van der Waals surface area contributed by atoms with Crippen LogP contribution >= 0.6 is 11.8 Å². The number of carbonyl (C=O) groups is 1. The SMILES string of the molecule is COc1ccc(SCC(=O)Nc2ccc3ccccc3c2)cc1. The van der Waals surface area contributed by atoms with Gasteiger partial charge in [-0.1, -0.05) is 30.3 Å². The maximum absolute atomic E-state index is 12.1. The number of hydrogen-bond acceptors (Lipinski definition) is 3. The molecule has 0 aliphatic carbocycles. The summed E-state index contributed by atoms with van der Waals surface area (Å²) in [5, 5.41) is 5.23. The number of amides is 1. The van der Waals surface area contributed by atoms with Crippen molar-refractivity contribution in [3.8, 4) is 5.75 Å². The molecule has 4 heteroatoms. The zero-order valence-corrected chi connectivity index (χ0v) is 13.6. The Labute approximate surface area is 139 Å². The van der Waals surface area contributed by atoms with Crippen LogP contribution in [0.4, 0.5) is 5.69 Å². The molecule has 0 aliphatic heterocycles. The van der Waals surface area contributed by atoms with Gasteiger partial charge in [0, 0.05) is 10.6 Å². The van der Waals surface area contributed by atoms with Gasteiger partial charge in [-0.25, -0.2) is 0 Å². The average molecular weight is 323 g/mol. The van der Waals surface area contributed by atoms with Gasteiger partial charge in [0.1, 0.15) is 5.75 Å². The first-order chi connectivity index (χ1) is 11.2. The van der Waals surface area contributed by atoms with E-state index in [0.29, 0.717) is 5.75 Å². The number of benzene rings is 3. The molecular formula is C19H17NO2S. The van der Waals surface area contributed by atoms with Gasteiger partial charge in [0.2, 0.25) is 5.91 Å². The summed E-state index contributed by atoms with van der Waals surface area (Å²) < 4.78 is 5.12. The molecule has 116 valence electrons. The highest BCUT2D eigenvalue weighted by atomic mass is 32.2. The van der Waals surface area contributed by atoms with Gasteiger partial charge in [0.05, 0.1) is 12.9 Å². The molecule has 0 saturated carbocycles. The van der Waals surface area contributed by atoms with Crippen molar-refractivity contribution in [1.82, 2.24) is 0 Å². The first kappa shape index (κ1) is 15.4. The molecule has 0 radical (unpaired) electrons. The van der Waals surface area contributed by atoms with E-state index in [-0.39, 0.29) is 5.91 Å². The summed E-state index contributed by atoms with van der Waals surface area (Å²) >= 11 is 1.50. The Hall–Kier alpha value is -2.46. The van der Waals surface area contributed by atoms with Crippen molar-refractivity contribution >= 4 is 34.1 Å². The number of ether oxygens (including phenoxy) is 1. The van der Waals surface area contributed by atoms with Crippen molar-refractivity contribution in [3.05, 3.63) is 66.7 Å². The fourth-order valence-electron chi connectivity index (χ4n) is 2.28. The number of hydrogen-bond donors (Lipinski definition) is 1. The van der Waals surface area contributed by atoms with Gasteiger partial charge in [-0.3, -0.25) is 4.79 Å². The van der Waals surface area contributed by atoms with Gasteiger partial charge in [-0.05, 0) is 47.2 Å². The summed E-state index contributed by atoms with van der Waals surface area (Å²) in [6.07, 6.45) is 0. The molecule has 0 aliphatic rings. The van der Waals surface area contributed by atoms with Crippen LogP contribution in [0.5, 0.6) is 5.75 Å². The second-order valence-corrected chi connectivity index (χ2v) is 6.12. The first-order valence-electron chi connectivity index (χ1n) is 7.30.